The van der Waals surface area contributed by atoms with Gasteiger partial charge < -0.3 is 20.1 Å². The number of nitrogens with one attached hydrogen (secondary N) is 2. The summed E-state index contributed by atoms with van der Waals surface area (Å²) in [6, 6.07) is 12.0. The van der Waals surface area contributed by atoms with E-state index >= 15 is 0 Å². The van der Waals surface area contributed by atoms with Gasteiger partial charge in [0.1, 0.15) is 5.82 Å². The Labute approximate surface area is 145 Å². The lowest BCUT2D eigenvalue weighted by molar-refractivity contribution is -0.125. The highest BCUT2D eigenvalue weighted by Crippen LogP contribution is 2.32. The third kappa shape index (κ3) is 3.30. The molecule has 2 aliphatic heterocycles. The van der Waals surface area contributed by atoms with Crippen LogP contribution < -0.4 is 20.1 Å². The summed E-state index contributed by atoms with van der Waals surface area (Å²) in [5, 5.41) is 6.25. The molecule has 25 heavy (non-hydrogen) atoms. The first-order chi connectivity index (χ1) is 12.2. The maximum absolute atomic E-state index is 13.1. The Bertz CT molecular complexity index is 779. The summed E-state index contributed by atoms with van der Waals surface area (Å²) < 4.78 is 23.8. The Morgan fingerprint density at radius 3 is 2.76 bits per heavy atom. The maximum atomic E-state index is 13.1. The number of hydrogen-bond donors (Lipinski definition) is 2. The largest absolute Gasteiger partial charge is 0.454 e. The molecule has 1 amide bonds. The van der Waals surface area contributed by atoms with Gasteiger partial charge >= 0.3 is 0 Å². The van der Waals surface area contributed by atoms with Gasteiger partial charge in [-0.2, -0.15) is 0 Å². The predicted molar refractivity (Wildman–Crippen MR) is 89.9 cm³/mol. The maximum Gasteiger partial charge on any atom is 0.231 e. The molecule has 0 aliphatic carbocycles. The third-order valence-corrected chi connectivity index (χ3v) is 4.75. The summed E-state index contributed by atoms with van der Waals surface area (Å²) in [7, 11) is 0. The van der Waals surface area contributed by atoms with Crippen molar-refractivity contribution in [2.45, 2.75) is 12.5 Å². The van der Waals surface area contributed by atoms with Gasteiger partial charge in [-0.1, -0.05) is 18.2 Å². The molecule has 2 aliphatic rings. The standard InChI is InChI=1S/C19H19FN2O3/c20-14-4-2-13(3-5-14)15-9-21-10-16(15)19(23)22-8-12-1-6-17-18(7-12)25-11-24-17/h1-7,15-16,21H,8-11H2,(H,22,23). The summed E-state index contributed by atoms with van der Waals surface area (Å²) in [4.78, 5) is 12.6. The number of fused-ring (bicyclic) bond motifs is 1. The molecule has 0 spiro atoms. The first-order valence-corrected chi connectivity index (χ1v) is 8.33. The Kier molecular flexibility index (Phi) is 4.28. The van der Waals surface area contributed by atoms with Crippen LogP contribution in [0.15, 0.2) is 42.5 Å². The zero-order valence-corrected chi connectivity index (χ0v) is 13.6. The second-order valence-electron chi connectivity index (χ2n) is 6.33. The molecule has 4 rings (SSSR count). The summed E-state index contributed by atoms with van der Waals surface area (Å²) in [5.74, 6) is 1.05. The van der Waals surface area contributed by atoms with Gasteiger partial charge in [-0.05, 0) is 35.4 Å². The van der Waals surface area contributed by atoms with Crippen LogP contribution in [0.4, 0.5) is 4.39 Å². The molecule has 0 radical (unpaired) electrons. The number of carbonyl (C=O) groups is 1. The second kappa shape index (κ2) is 6.72. The van der Waals surface area contributed by atoms with E-state index in [0.29, 0.717) is 25.4 Å². The summed E-state index contributed by atoms with van der Waals surface area (Å²) >= 11 is 0. The molecule has 5 nitrogen and oxygen atoms in total. The second-order valence-corrected chi connectivity index (χ2v) is 6.33. The predicted octanol–water partition coefficient (Wildman–Crippen LogP) is 2.17. The van der Waals surface area contributed by atoms with Gasteiger partial charge in [0.05, 0.1) is 5.92 Å². The Morgan fingerprint density at radius 1 is 1.12 bits per heavy atom. The number of halogens is 1. The monoisotopic (exact) mass is 342 g/mol. The lowest BCUT2D eigenvalue weighted by Crippen LogP contribution is -2.34. The highest BCUT2D eigenvalue weighted by molar-refractivity contribution is 5.80. The Morgan fingerprint density at radius 2 is 1.92 bits per heavy atom. The molecule has 0 aromatic heterocycles. The molecule has 130 valence electrons. The van der Waals surface area contributed by atoms with Crippen LogP contribution in [0, 0.1) is 11.7 Å². The molecular formula is C19H19FN2O3. The molecular weight excluding hydrogens is 323 g/mol. The minimum absolute atomic E-state index is 0.00279. The van der Waals surface area contributed by atoms with Crippen molar-refractivity contribution in [3.63, 3.8) is 0 Å². The highest BCUT2D eigenvalue weighted by Gasteiger charge is 2.33. The van der Waals surface area contributed by atoms with E-state index < -0.39 is 0 Å². The molecule has 2 N–H and O–H groups in total. The van der Waals surface area contributed by atoms with E-state index in [-0.39, 0.29) is 30.4 Å². The summed E-state index contributed by atoms with van der Waals surface area (Å²) in [6.45, 7) is 2.00. The van der Waals surface area contributed by atoms with E-state index in [2.05, 4.69) is 10.6 Å². The van der Waals surface area contributed by atoms with Crippen molar-refractivity contribution in [2.24, 2.45) is 5.92 Å². The third-order valence-electron chi connectivity index (χ3n) is 4.75. The van der Waals surface area contributed by atoms with Crippen LogP contribution in [0.3, 0.4) is 0 Å². The topological polar surface area (TPSA) is 59.6 Å². The summed E-state index contributed by atoms with van der Waals surface area (Å²) in [6.07, 6.45) is 0. The van der Waals surface area contributed by atoms with Crippen molar-refractivity contribution in [1.29, 1.82) is 0 Å². The van der Waals surface area contributed by atoms with Crippen LogP contribution >= 0.6 is 0 Å². The van der Waals surface area contributed by atoms with Gasteiger partial charge in [-0.25, -0.2) is 4.39 Å². The van der Waals surface area contributed by atoms with E-state index in [1.54, 1.807) is 12.1 Å². The molecule has 1 fully saturated rings. The average Bonchev–Trinajstić information content (AvgIpc) is 3.29. The first-order valence-electron chi connectivity index (χ1n) is 8.33. The quantitative estimate of drug-likeness (QED) is 0.894. The minimum Gasteiger partial charge on any atom is -0.454 e. The van der Waals surface area contributed by atoms with Crippen molar-refractivity contribution in [1.82, 2.24) is 10.6 Å². The first kappa shape index (κ1) is 15.9. The van der Waals surface area contributed by atoms with Crippen LogP contribution in [0.2, 0.25) is 0 Å². The Hall–Kier alpha value is -2.60. The van der Waals surface area contributed by atoms with E-state index in [1.807, 2.05) is 18.2 Å². The van der Waals surface area contributed by atoms with E-state index in [0.717, 1.165) is 16.9 Å². The van der Waals surface area contributed by atoms with Crippen molar-refractivity contribution in [3.8, 4) is 11.5 Å². The fraction of sp³-hybridized carbons (Fsp3) is 0.316. The zero-order valence-electron chi connectivity index (χ0n) is 13.6. The molecule has 6 heteroatoms. The van der Waals surface area contributed by atoms with Crippen LogP contribution in [0.5, 0.6) is 11.5 Å². The molecule has 0 saturated carbocycles. The minimum atomic E-state index is -0.265. The number of carbonyl (C=O) groups excluding carboxylic acids is 1. The zero-order chi connectivity index (χ0) is 17.2. The molecule has 2 aromatic rings. The van der Waals surface area contributed by atoms with Crippen LogP contribution in [0.1, 0.15) is 17.0 Å². The van der Waals surface area contributed by atoms with E-state index in [4.69, 9.17) is 9.47 Å². The van der Waals surface area contributed by atoms with Crippen LogP contribution in [-0.4, -0.2) is 25.8 Å². The number of ether oxygens (including phenoxy) is 2. The van der Waals surface area contributed by atoms with Crippen molar-refractivity contribution in [2.75, 3.05) is 19.9 Å². The molecule has 1 saturated heterocycles. The average molecular weight is 342 g/mol. The number of rotatable bonds is 4. The number of amides is 1. The van der Waals surface area contributed by atoms with Crippen molar-refractivity contribution in [3.05, 3.63) is 59.4 Å². The van der Waals surface area contributed by atoms with Gasteiger partial charge in [0.15, 0.2) is 11.5 Å². The molecule has 2 unspecified atom stereocenters. The van der Waals surface area contributed by atoms with Gasteiger partial charge in [0.2, 0.25) is 12.7 Å². The number of benzene rings is 2. The highest BCUT2D eigenvalue weighted by atomic mass is 19.1. The van der Waals surface area contributed by atoms with Gasteiger partial charge in [-0.15, -0.1) is 0 Å². The fourth-order valence-electron chi connectivity index (χ4n) is 3.39. The van der Waals surface area contributed by atoms with E-state index in [9.17, 15) is 9.18 Å². The normalized spacial score (nSPS) is 21.3. The molecule has 2 heterocycles. The van der Waals surface area contributed by atoms with Crippen LogP contribution in [0.25, 0.3) is 0 Å². The van der Waals surface area contributed by atoms with Crippen LogP contribution in [-0.2, 0) is 11.3 Å². The van der Waals surface area contributed by atoms with E-state index in [1.165, 1.54) is 12.1 Å². The summed E-state index contributed by atoms with van der Waals surface area (Å²) in [5.41, 5.74) is 1.94. The fourth-order valence-corrected chi connectivity index (χ4v) is 3.39. The molecule has 2 aromatic carbocycles. The van der Waals surface area contributed by atoms with Gasteiger partial charge in [-0.3, -0.25) is 4.79 Å². The SMILES string of the molecule is O=C(NCc1ccc2c(c1)OCO2)C1CNCC1c1ccc(F)cc1. The lowest BCUT2D eigenvalue weighted by atomic mass is 9.88. The molecule has 0 bridgehead atoms. The van der Waals surface area contributed by atoms with Gasteiger partial charge in [0, 0.05) is 25.6 Å². The lowest BCUT2D eigenvalue weighted by Gasteiger charge is -2.18. The Balaban J connectivity index is 1.41. The van der Waals surface area contributed by atoms with Gasteiger partial charge in [0.25, 0.3) is 0 Å². The van der Waals surface area contributed by atoms with Crippen molar-refractivity contribution >= 4 is 5.91 Å². The van der Waals surface area contributed by atoms with Crippen molar-refractivity contribution < 1.29 is 18.7 Å². The smallest absolute Gasteiger partial charge is 0.231 e. The molecule has 2 atom stereocenters. The number of hydrogen-bond acceptors (Lipinski definition) is 4.